The molecule has 1 atom stereocenters. The Balaban J connectivity index is 1.69. The summed E-state index contributed by atoms with van der Waals surface area (Å²) >= 11 is 1.29. The number of aryl methyl sites for hydroxylation is 1. The second-order valence-electron chi connectivity index (χ2n) is 6.16. The fourth-order valence-electron chi connectivity index (χ4n) is 2.55. The van der Waals surface area contributed by atoms with E-state index in [1.165, 1.54) is 30.0 Å². The van der Waals surface area contributed by atoms with E-state index in [1.807, 2.05) is 41.8 Å². The van der Waals surface area contributed by atoms with E-state index in [4.69, 9.17) is 0 Å². The maximum atomic E-state index is 12.5. The minimum absolute atomic E-state index is 0.0728. The lowest BCUT2D eigenvalue weighted by molar-refractivity contribution is -0.384. The molecule has 8 nitrogen and oxygen atoms in total. The third-order valence-electron chi connectivity index (χ3n) is 4.06. The van der Waals surface area contributed by atoms with E-state index in [1.54, 1.807) is 13.0 Å². The molecular formula is C19H19N5O3S. The first-order chi connectivity index (χ1) is 13.4. The number of nitro groups is 1. The van der Waals surface area contributed by atoms with Crippen LogP contribution in [0.4, 0.5) is 11.4 Å². The van der Waals surface area contributed by atoms with Crippen molar-refractivity contribution in [3.05, 3.63) is 76.1 Å². The van der Waals surface area contributed by atoms with E-state index in [0.29, 0.717) is 17.4 Å². The number of benzene rings is 2. The number of rotatable bonds is 7. The number of carbonyl (C=O) groups excluding carboxylic acids is 1. The normalized spacial score (nSPS) is 11.8. The first kappa shape index (κ1) is 19.6. The molecule has 2 aromatic carbocycles. The van der Waals surface area contributed by atoms with Crippen LogP contribution in [0.5, 0.6) is 0 Å². The lowest BCUT2D eigenvalue weighted by atomic mass is 10.2. The maximum absolute atomic E-state index is 12.5. The minimum atomic E-state index is -0.497. The van der Waals surface area contributed by atoms with Gasteiger partial charge in [-0.3, -0.25) is 14.9 Å². The van der Waals surface area contributed by atoms with Gasteiger partial charge in [-0.05, 0) is 25.5 Å². The Morgan fingerprint density at radius 1 is 1.21 bits per heavy atom. The van der Waals surface area contributed by atoms with Gasteiger partial charge in [-0.25, -0.2) is 0 Å². The number of amides is 1. The number of anilines is 1. The van der Waals surface area contributed by atoms with Crippen LogP contribution in [0.3, 0.4) is 0 Å². The van der Waals surface area contributed by atoms with Gasteiger partial charge in [0, 0.05) is 17.8 Å². The Bertz CT molecular complexity index is 990. The van der Waals surface area contributed by atoms with E-state index < -0.39 is 10.2 Å². The summed E-state index contributed by atoms with van der Waals surface area (Å²) in [5.74, 6) is 0.495. The van der Waals surface area contributed by atoms with Crippen molar-refractivity contribution in [3.63, 3.8) is 0 Å². The van der Waals surface area contributed by atoms with Crippen molar-refractivity contribution in [2.24, 2.45) is 0 Å². The minimum Gasteiger partial charge on any atom is -0.325 e. The van der Waals surface area contributed by atoms with Crippen LogP contribution in [-0.4, -0.2) is 30.8 Å². The summed E-state index contributed by atoms with van der Waals surface area (Å²) in [6.07, 6.45) is 0. The Kier molecular flexibility index (Phi) is 6.05. The largest absolute Gasteiger partial charge is 0.325 e. The molecular weight excluding hydrogens is 378 g/mol. The van der Waals surface area contributed by atoms with E-state index in [2.05, 4.69) is 15.5 Å². The zero-order valence-corrected chi connectivity index (χ0v) is 16.2. The van der Waals surface area contributed by atoms with Crippen molar-refractivity contribution in [1.82, 2.24) is 14.8 Å². The average molecular weight is 397 g/mol. The topological polar surface area (TPSA) is 103 Å². The van der Waals surface area contributed by atoms with E-state index in [-0.39, 0.29) is 11.6 Å². The zero-order chi connectivity index (χ0) is 20.1. The molecule has 1 heterocycles. The Hall–Kier alpha value is -3.20. The van der Waals surface area contributed by atoms with Gasteiger partial charge in [0.2, 0.25) is 5.91 Å². The molecule has 9 heteroatoms. The van der Waals surface area contributed by atoms with Crippen molar-refractivity contribution in [2.75, 3.05) is 5.32 Å². The molecule has 3 aromatic rings. The molecule has 0 aliphatic carbocycles. The Labute approximate surface area is 166 Å². The van der Waals surface area contributed by atoms with Gasteiger partial charge in [0.05, 0.1) is 16.7 Å². The van der Waals surface area contributed by atoms with Crippen LogP contribution in [-0.2, 0) is 11.3 Å². The smallest absolute Gasteiger partial charge is 0.271 e. The summed E-state index contributed by atoms with van der Waals surface area (Å²) < 4.78 is 1.96. The SMILES string of the molecule is Cc1nnc(SC(C)C(=O)Nc2cccc([N+](=O)[O-])c2)n1Cc1ccccc1. The summed E-state index contributed by atoms with van der Waals surface area (Å²) in [4.78, 5) is 22.9. The maximum Gasteiger partial charge on any atom is 0.271 e. The van der Waals surface area contributed by atoms with Crippen LogP contribution < -0.4 is 5.32 Å². The second kappa shape index (κ2) is 8.66. The highest BCUT2D eigenvalue weighted by atomic mass is 32.2. The number of thioether (sulfide) groups is 1. The van der Waals surface area contributed by atoms with Crippen LogP contribution in [0.15, 0.2) is 59.8 Å². The van der Waals surface area contributed by atoms with Gasteiger partial charge >= 0.3 is 0 Å². The van der Waals surface area contributed by atoms with Crippen LogP contribution in [0, 0.1) is 17.0 Å². The van der Waals surface area contributed by atoms with Crippen molar-refractivity contribution in [3.8, 4) is 0 Å². The molecule has 144 valence electrons. The number of hydrogen-bond acceptors (Lipinski definition) is 6. The van der Waals surface area contributed by atoms with Crippen molar-refractivity contribution in [1.29, 1.82) is 0 Å². The fourth-order valence-corrected chi connectivity index (χ4v) is 3.44. The van der Waals surface area contributed by atoms with Gasteiger partial charge in [0.1, 0.15) is 5.82 Å². The summed E-state index contributed by atoms with van der Waals surface area (Å²) in [7, 11) is 0. The molecule has 0 spiro atoms. The van der Waals surface area contributed by atoms with Crippen molar-refractivity contribution in [2.45, 2.75) is 30.8 Å². The monoisotopic (exact) mass is 397 g/mol. The summed E-state index contributed by atoms with van der Waals surface area (Å²) in [5, 5.41) is 22.1. The Morgan fingerprint density at radius 2 is 1.96 bits per heavy atom. The lowest BCUT2D eigenvalue weighted by Crippen LogP contribution is -2.23. The number of non-ortho nitro benzene ring substituents is 1. The van der Waals surface area contributed by atoms with Gasteiger partial charge in [0.25, 0.3) is 5.69 Å². The third kappa shape index (κ3) is 4.74. The first-order valence-electron chi connectivity index (χ1n) is 8.59. The second-order valence-corrected chi connectivity index (χ2v) is 7.47. The third-order valence-corrected chi connectivity index (χ3v) is 5.14. The number of carbonyl (C=O) groups is 1. The quantitative estimate of drug-likeness (QED) is 0.371. The molecule has 1 aromatic heterocycles. The summed E-state index contributed by atoms with van der Waals surface area (Å²) in [6, 6.07) is 15.8. The van der Waals surface area contributed by atoms with Crippen LogP contribution in [0.1, 0.15) is 18.3 Å². The molecule has 0 bridgehead atoms. The van der Waals surface area contributed by atoms with Gasteiger partial charge in [0.15, 0.2) is 5.16 Å². The molecule has 0 fully saturated rings. The van der Waals surface area contributed by atoms with Gasteiger partial charge < -0.3 is 9.88 Å². The molecule has 0 aliphatic heterocycles. The van der Waals surface area contributed by atoms with Gasteiger partial charge in [-0.1, -0.05) is 48.2 Å². The highest BCUT2D eigenvalue weighted by molar-refractivity contribution is 8.00. The number of aromatic nitrogens is 3. The molecule has 0 saturated carbocycles. The van der Waals surface area contributed by atoms with Crippen LogP contribution in [0.25, 0.3) is 0 Å². The van der Waals surface area contributed by atoms with Crippen LogP contribution >= 0.6 is 11.8 Å². The molecule has 1 amide bonds. The molecule has 0 saturated heterocycles. The number of nitro benzene ring substituents is 1. The van der Waals surface area contributed by atoms with Crippen LogP contribution in [0.2, 0.25) is 0 Å². The first-order valence-corrected chi connectivity index (χ1v) is 9.47. The number of nitrogens with zero attached hydrogens (tertiary/aromatic N) is 4. The zero-order valence-electron chi connectivity index (χ0n) is 15.4. The van der Waals surface area contributed by atoms with E-state index in [0.717, 1.165) is 11.4 Å². The summed E-state index contributed by atoms with van der Waals surface area (Å²) in [5.41, 5.74) is 1.42. The highest BCUT2D eigenvalue weighted by Gasteiger charge is 2.20. The van der Waals surface area contributed by atoms with Crippen molar-refractivity contribution < 1.29 is 9.72 Å². The predicted octanol–water partition coefficient (Wildman–Crippen LogP) is 3.66. The highest BCUT2D eigenvalue weighted by Crippen LogP contribution is 2.25. The number of hydrogen-bond donors (Lipinski definition) is 1. The molecule has 1 unspecified atom stereocenters. The molecule has 0 aliphatic rings. The van der Waals surface area contributed by atoms with Gasteiger partial charge in [-0.15, -0.1) is 10.2 Å². The lowest BCUT2D eigenvalue weighted by Gasteiger charge is -2.13. The fraction of sp³-hybridized carbons (Fsp3) is 0.211. The molecule has 1 N–H and O–H groups in total. The molecule has 3 rings (SSSR count). The number of nitrogens with one attached hydrogen (secondary N) is 1. The van der Waals surface area contributed by atoms with Crippen molar-refractivity contribution >= 4 is 29.0 Å². The molecule has 28 heavy (non-hydrogen) atoms. The molecule has 0 radical (unpaired) electrons. The Morgan fingerprint density at radius 3 is 2.68 bits per heavy atom. The standard InChI is InChI=1S/C19H19N5O3S/c1-13(18(25)20-16-9-6-10-17(11-16)24(26)27)28-19-22-21-14(2)23(19)12-15-7-4-3-5-8-15/h3-11,13H,12H2,1-2H3,(H,20,25). The average Bonchev–Trinajstić information content (AvgIpc) is 3.02. The van der Waals surface area contributed by atoms with E-state index in [9.17, 15) is 14.9 Å². The van der Waals surface area contributed by atoms with Gasteiger partial charge in [-0.2, -0.15) is 0 Å². The predicted molar refractivity (Wildman–Crippen MR) is 107 cm³/mol. The van der Waals surface area contributed by atoms with E-state index >= 15 is 0 Å². The summed E-state index contributed by atoms with van der Waals surface area (Å²) in [6.45, 7) is 4.24.